The topological polar surface area (TPSA) is 66.3 Å². The number of anilines is 1. The van der Waals surface area contributed by atoms with E-state index in [0.717, 1.165) is 6.07 Å². The van der Waals surface area contributed by atoms with Crippen molar-refractivity contribution < 1.29 is 23.1 Å². The number of aryl methyl sites for hydroxylation is 1. The Hall–Kier alpha value is -2.64. The zero-order valence-corrected chi connectivity index (χ0v) is 15.3. The first-order valence-electron chi connectivity index (χ1n) is 9.22. The number of carbonyl (C=O) groups is 1. The van der Waals surface area contributed by atoms with Crippen molar-refractivity contribution in [2.45, 2.75) is 31.9 Å². The van der Waals surface area contributed by atoms with E-state index >= 15 is 0 Å². The van der Waals surface area contributed by atoms with Gasteiger partial charge in [0.15, 0.2) is 5.69 Å². The lowest BCUT2D eigenvalue weighted by Gasteiger charge is -2.21. The molecule has 0 spiro atoms. The van der Waals surface area contributed by atoms with E-state index in [1.165, 1.54) is 12.3 Å². The number of alkyl halides is 3. The molecule has 1 aromatic heterocycles. The lowest BCUT2D eigenvalue weighted by atomic mass is 9.91. The first kappa shape index (κ1) is 18.7. The zero-order valence-electron chi connectivity index (χ0n) is 15.3. The van der Waals surface area contributed by atoms with Gasteiger partial charge in [0.25, 0.3) is 0 Å². The number of hydrogen-bond acceptors (Lipinski definition) is 4. The molecule has 1 aliphatic heterocycles. The van der Waals surface area contributed by atoms with Crippen molar-refractivity contribution in [3.63, 3.8) is 0 Å². The number of hydrogen-bond donors (Lipinski definition) is 1. The minimum Gasteiger partial charge on any atom is -0.476 e. The van der Waals surface area contributed by atoms with Crippen molar-refractivity contribution in [2.24, 2.45) is 11.8 Å². The van der Waals surface area contributed by atoms with E-state index in [1.807, 2.05) is 4.90 Å². The van der Waals surface area contributed by atoms with Crippen LogP contribution >= 0.6 is 0 Å². The summed E-state index contributed by atoms with van der Waals surface area (Å²) in [7, 11) is 0. The van der Waals surface area contributed by atoms with Crippen molar-refractivity contribution in [3.8, 4) is 0 Å². The Bertz CT molecular complexity index is 902. The summed E-state index contributed by atoms with van der Waals surface area (Å²) in [6.07, 6.45) is -1.47. The van der Waals surface area contributed by atoms with Gasteiger partial charge < -0.3 is 10.0 Å². The normalized spacial score (nSPS) is 24.4. The third kappa shape index (κ3) is 3.31. The molecule has 148 valence electrons. The smallest absolute Gasteiger partial charge is 0.416 e. The van der Waals surface area contributed by atoms with Crippen molar-refractivity contribution in [1.29, 1.82) is 0 Å². The second-order valence-electron chi connectivity index (χ2n) is 7.69. The minimum atomic E-state index is -4.34. The van der Waals surface area contributed by atoms with Crippen LogP contribution in [0.4, 0.5) is 19.1 Å². The Kier molecular flexibility index (Phi) is 4.51. The molecule has 2 aromatic rings. The second-order valence-corrected chi connectivity index (χ2v) is 7.69. The maximum absolute atomic E-state index is 13.3. The summed E-state index contributed by atoms with van der Waals surface area (Å²) < 4.78 is 40.0. The molecule has 2 aliphatic rings. The van der Waals surface area contributed by atoms with Crippen LogP contribution in [-0.4, -0.2) is 34.1 Å². The van der Waals surface area contributed by atoms with Gasteiger partial charge in [0.2, 0.25) is 5.95 Å². The Morgan fingerprint density at radius 3 is 2.43 bits per heavy atom. The Balaban J connectivity index is 1.51. The maximum atomic E-state index is 13.3. The molecule has 1 saturated heterocycles. The van der Waals surface area contributed by atoms with E-state index in [0.29, 0.717) is 43.0 Å². The summed E-state index contributed by atoms with van der Waals surface area (Å²) in [6, 6.07) is 5.84. The quantitative estimate of drug-likeness (QED) is 0.852. The summed E-state index contributed by atoms with van der Waals surface area (Å²) in [6.45, 7) is 2.92. The number of carboxylic acids is 1. The maximum Gasteiger partial charge on any atom is 0.416 e. The van der Waals surface area contributed by atoms with Gasteiger partial charge in [-0.3, -0.25) is 0 Å². The van der Waals surface area contributed by atoms with Gasteiger partial charge >= 0.3 is 12.1 Å². The molecule has 0 unspecified atom stereocenters. The lowest BCUT2D eigenvalue weighted by molar-refractivity contribution is -0.138. The van der Waals surface area contributed by atoms with Gasteiger partial charge in [-0.1, -0.05) is 18.2 Å². The molecular weight excluding hydrogens is 371 g/mol. The van der Waals surface area contributed by atoms with Crippen LogP contribution in [0.2, 0.25) is 0 Å². The van der Waals surface area contributed by atoms with Gasteiger partial charge in [-0.25, -0.2) is 14.8 Å². The highest BCUT2D eigenvalue weighted by atomic mass is 19.4. The van der Waals surface area contributed by atoms with E-state index < -0.39 is 17.7 Å². The molecule has 0 bridgehead atoms. The number of aromatic carboxylic acids is 1. The van der Waals surface area contributed by atoms with Gasteiger partial charge in [-0.15, -0.1) is 0 Å². The van der Waals surface area contributed by atoms with E-state index in [2.05, 4.69) is 9.97 Å². The van der Waals surface area contributed by atoms with E-state index in [1.54, 1.807) is 19.1 Å². The van der Waals surface area contributed by atoms with Crippen LogP contribution in [0, 0.1) is 18.8 Å². The number of nitrogens with zero attached hydrogens (tertiary/aromatic N) is 3. The molecule has 2 fully saturated rings. The van der Waals surface area contributed by atoms with Gasteiger partial charge in [-0.2, -0.15) is 13.2 Å². The minimum absolute atomic E-state index is 0.0148. The fraction of sp³-hybridized carbons (Fsp3) is 0.450. The highest BCUT2D eigenvalue weighted by Crippen LogP contribution is 2.49. The Labute approximate surface area is 160 Å². The van der Waals surface area contributed by atoms with Gasteiger partial charge in [-0.05, 0) is 49.1 Å². The summed E-state index contributed by atoms with van der Waals surface area (Å²) in [5, 5.41) is 9.25. The van der Waals surface area contributed by atoms with Crippen molar-refractivity contribution in [2.75, 3.05) is 18.0 Å². The molecular formula is C20H20F3N3O2. The number of fused-ring (bicyclic) bond motifs is 1. The number of halogens is 3. The molecule has 0 radical (unpaired) electrons. The SMILES string of the molecule is Cc1cnc(N2C[C@H]3C[C@H](c4ccccc4C(F)(F)F)C[C@H]3C2)nc1C(=O)O. The van der Waals surface area contributed by atoms with Crippen molar-refractivity contribution >= 4 is 11.9 Å². The average molecular weight is 391 g/mol. The highest BCUT2D eigenvalue weighted by molar-refractivity contribution is 5.87. The van der Waals surface area contributed by atoms with E-state index in [-0.39, 0.29) is 23.4 Å². The summed E-state index contributed by atoms with van der Waals surface area (Å²) in [5.41, 5.74) is 0.332. The Morgan fingerprint density at radius 1 is 1.18 bits per heavy atom. The molecule has 1 saturated carbocycles. The van der Waals surface area contributed by atoms with Crippen LogP contribution in [0.3, 0.4) is 0 Å². The average Bonchev–Trinajstić information content (AvgIpc) is 3.20. The standard InChI is InChI=1S/C20H20F3N3O2/c1-11-8-24-19(25-17(11)18(27)28)26-9-13-6-12(7-14(13)10-26)15-4-2-3-5-16(15)20(21,22)23/h2-5,8,12-14H,6-7,9-10H2,1H3,(H,27,28)/t12-,13+,14-. The predicted octanol–water partition coefficient (Wildman–Crippen LogP) is 4.13. The van der Waals surface area contributed by atoms with Crippen LogP contribution in [0.1, 0.15) is 45.9 Å². The van der Waals surface area contributed by atoms with Crippen LogP contribution < -0.4 is 4.90 Å². The molecule has 1 aromatic carbocycles. The predicted molar refractivity (Wildman–Crippen MR) is 96.3 cm³/mol. The van der Waals surface area contributed by atoms with E-state index in [9.17, 15) is 23.1 Å². The van der Waals surface area contributed by atoms with Crippen LogP contribution in [0.5, 0.6) is 0 Å². The molecule has 2 heterocycles. The fourth-order valence-corrected chi connectivity index (χ4v) is 4.63. The second kappa shape index (κ2) is 6.76. The van der Waals surface area contributed by atoms with E-state index in [4.69, 9.17) is 0 Å². The first-order chi connectivity index (χ1) is 13.2. The molecule has 1 N–H and O–H groups in total. The molecule has 1 aliphatic carbocycles. The fourth-order valence-electron chi connectivity index (χ4n) is 4.63. The summed E-state index contributed by atoms with van der Waals surface area (Å²) in [4.78, 5) is 21.7. The molecule has 4 rings (SSSR count). The Morgan fingerprint density at radius 2 is 1.82 bits per heavy atom. The lowest BCUT2D eigenvalue weighted by Crippen LogP contribution is -2.25. The molecule has 3 atom stereocenters. The number of aromatic nitrogens is 2. The number of rotatable bonds is 3. The summed E-state index contributed by atoms with van der Waals surface area (Å²) >= 11 is 0. The molecule has 28 heavy (non-hydrogen) atoms. The van der Waals surface area contributed by atoms with Crippen molar-refractivity contribution in [1.82, 2.24) is 9.97 Å². The third-order valence-electron chi connectivity index (χ3n) is 5.90. The largest absolute Gasteiger partial charge is 0.476 e. The monoisotopic (exact) mass is 391 g/mol. The van der Waals surface area contributed by atoms with Gasteiger partial charge in [0, 0.05) is 24.8 Å². The summed E-state index contributed by atoms with van der Waals surface area (Å²) in [5.74, 6) is -0.313. The first-order valence-corrected chi connectivity index (χ1v) is 9.22. The molecule has 5 nitrogen and oxygen atoms in total. The number of carboxylic acid groups (broad SMARTS) is 1. The van der Waals surface area contributed by atoms with Crippen LogP contribution in [-0.2, 0) is 6.18 Å². The van der Waals surface area contributed by atoms with Crippen LogP contribution in [0.25, 0.3) is 0 Å². The highest BCUT2D eigenvalue weighted by Gasteiger charge is 2.44. The van der Waals surface area contributed by atoms with Crippen molar-refractivity contribution in [3.05, 3.63) is 52.8 Å². The van der Waals surface area contributed by atoms with Crippen LogP contribution in [0.15, 0.2) is 30.5 Å². The third-order valence-corrected chi connectivity index (χ3v) is 5.90. The molecule has 8 heteroatoms. The molecule has 0 amide bonds. The van der Waals surface area contributed by atoms with Gasteiger partial charge in [0.1, 0.15) is 0 Å². The number of benzene rings is 1. The zero-order chi connectivity index (χ0) is 20.1. The van der Waals surface area contributed by atoms with Gasteiger partial charge in [0.05, 0.1) is 5.56 Å².